The molecule has 0 saturated carbocycles. The second-order valence-electron chi connectivity index (χ2n) is 1.56. The van der Waals surface area contributed by atoms with E-state index in [0.29, 0.717) is 0 Å². The van der Waals surface area contributed by atoms with Gasteiger partial charge in [-0.25, -0.2) is 4.39 Å². The van der Waals surface area contributed by atoms with Crippen LogP contribution >= 0.6 is 0 Å². The highest BCUT2D eigenvalue weighted by Gasteiger charge is 2.22. The molecule has 0 bridgehead atoms. The SMILES string of the molecule is O=C1CNCC1F. The molecule has 40 valence electrons. The van der Waals surface area contributed by atoms with E-state index in [1.165, 1.54) is 0 Å². The normalized spacial score (nSPS) is 31.6. The number of carbonyl (C=O) groups is 1. The number of hydrogen-bond acceptors (Lipinski definition) is 2. The predicted molar refractivity (Wildman–Crippen MR) is 22.8 cm³/mol. The summed E-state index contributed by atoms with van der Waals surface area (Å²) in [5, 5.41) is 2.60. The van der Waals surface area contributed by atoms with Crippen LogP contribution in [-0.2, 0) is 4.79 Å². The topological polar surface area (TPSA) is 29.1 Å². The summed E-state index contributed by atoms with van der Waals surface area (Å²) in [6, 6.07) is 0. The molecular weight excluding hydrogens is 97.0 g/mol. The molecule has 1 unspecified atom stereocenters. The van der Waals surface area contributed by atoms with E-state index in [2.05, 4.69) is 5.32 Å². The molecule has 1 aliphatic heterocycles. The fourth-order valence-corrected chi connectivity index (χ4v) is 0.547. The molecule has 0 aromatic carbocycles. The van der Waals surface area contributed by atoms with Crippen LogP contribution in [0.4, 0.5) is 4.39 Å². The first-order chi connectivity index (χ1) is 3.30. The summed E-state index contributed by atoms with van der Waals surface area (Å²) in [6.07, 6.45) is -1.24. The van der Waals surface area contributed by atoms with Crippen LogP contribution in [0.25, 0.3) is 0 Å². The lowest BCUT2D eigenvalue weighted by atomic mass is 10.3. The minimum Gasteiger partial charge on any atom is -0.307 e. The van der Waals surface area contributed by atoms with E-state index in [-0.39, 0.29) is 18.9 Å². The minimum atomic E-state index is -1.24. The van der Waals surface area contributed by atoms with Crippen LogP contribution in [0.3, 0.4) is 0 Å². The standard InChI is InChI=1S/C4H6FNO/c5-3-1-6-2-4(3)7/h3,6H,1-2H2. The van der Waals surface area contributed by atoms with Gasteiger partial charge in [-0.3, -0.25) is 4.79 Å². The maximum Gasteiger partial charge on any atom is 0.181 e. The van der Waals surface area contributed by atoms with Gasteiger partial charge in [0.1, 0.15) is 0 Å². The number of alkyl halides is 1. The van der Waals surface area contributed by atoms with Gasteiger partial charge in [-0.2, -0.15) is 0 Å². The summed E-state index contributed by atoms with van der Waals surface area (Å²) in [5.74, 6) is -0.319. The summed E-state index contributed by atoms with van der Waals surface area (Å²) in [7, 11) is 0. The number of carbonyl (C=O) groups excluding carboxylic acids is 1. The number of hydrogen-bond donors (Lipinski definition) is 1. The molecular formula is C4H6FNO. The van der Waals surface area contributed by atoms with Crippen molar-refractivity contribution < 1.29 is 9.18 Å². The first-order valence-electron chi connectivity index (χ1n) is 2.18. The van der Waals surface area contributed by atoms with Crippen LogP contribution in [0.2, 0.25) is 0 Å². The van der Waals surface area contributed by atoms with Crippen LogP contribution in [0.5, 0.6) is 0 Å². The Morgan fingerprint density at radius 3 is 2.71 bits per heavy atom. The number of ketones is 1. The third kappa shape index (κ3) is 0.771. The molecule has 1 fully saturated rings. The molecule has 1 atom stereocenters. The van der Waals surface area contributed by atoms with Gasteiger partial charge in [0.15, 0.2) is 12.0 Å². The maximum atomic E-state index is 11.9. The molecule has 0 aromatic heterocycles. The zero-order valence-corrected chi connectivity index (χ0v) is 3.78. The first-order valence-corrected chi connectivity index (χ1v) is 2.18. The largest absolute Gasteiger partial charge is 0.307 e. The first kappa shape index (κ1) is 4.71. The van der Waals surface area contributed by atoms with Crippen molar-refractivity contribution in [3.8, 4) is 0 Å². The van der Waals surface area contributed by atoms with Crippen molar-refractivity contribution in [2.45, 2.75) is 6.17 Å². The van der Waals surface area contributed by atoms with Gasteiger partial charge in [0.25, 0.3) is 0 Å². The molecule has 1 saturated heterocycles. The van der Waals surface area contributed by atoms with Gasteiger partial charge in [0.05, 0.1) is 6.54 Å². The number of Topliss-reactive ketones (excluding diaryl/α,β-unsaturated/α-hetero) is 1. The molecule has 1 N–H and O–H groups in total. The lowest BCUT2D eigenvalue weighted by Crippen LogP contribution is -2.10. The van der Waals surface area contributed by atoms with Crippen molar-refractivity contribution >= 4 is 5.78 Å². The molecule has 3 heteroatoms. The highest BCUT2D eigenvalue weighted by atomic mass is 19.1. The van der Waals surface area contributed by atoms with Crippen LogP contribution < -0.4 is 5.32 Å². The summed E-state index contributed by atoms with van der Waals surface area (Å²) < 4.78 is 11.9. The Kier molecular flexibility index (Phi) is 1.06. The molecule has 1 aliphatic rings. The highest BCUT2D eigenvalue weighted by Crippen LogP contribution is 1.95. The molecule has 0 aromatic rings. The minimum absolute atomic E-state index is 0.207. The Morgan fingerprint density at radius 1 is 1.86 bits per heavy atom. The molecule has 2 nitrogen and oxygen atoms in total. The Bertz CT molecular complexity index is 93.7. The van der Waals surface area contributed by atoms with Crippen molar-refractivity contribution in [2.24, 2.45) is 0 Å². The molecule has 1 heterocycles. The van der Waals surface area contributed by atoms with Crippen LogP contribution in [0, 0.1) is 0 Å². The van der Waals surface area contributed by atoms with Gasteiger partial charge in [-0.05, 0) is 0 Å². The summed E-state index contributed by atoms with van der Waals surface area (Å²) in [6.45, 7) is 0.417. The third-order valence-electron chi connectivity index (χ3n) is 0.972. The van der Waals surface area contributed by atoms with E-state index in [1.54, 1.807) is 0 Å². The number of rotatable bonds is 0. The maximum absolute atomic E-state index is 11.9. The fourth-order valence-electron chi connectivity index (χ4n) is 0.547. The van der Waals surface area contributed by atoms with Gasteiger partial charge in [0.2, 0.25) is 0 Å². The van der Waals surface area contributed by atoms with E-state index >= 15 is 0 Å². The summed E-state index contributed by atoms with van der Waals surface area (Å²) in [5.41, 5.74) is 0. The third-order valence-corrected chi connectivity index (χ3v) is 0.972. The summed E-state index contributed by atoms with van der Waals surface area (Å²) in [4.78, 5) is 10.1. The van der Waals surface area contributed by atoms with Crippen molar-refractivity contribution in [2.75, 3.05) is 13.1 Å². The highest BCUT2D eigenvalue weighted by molar-refractivity contribution is 5.87. The number of nitrogens with one attached hydrogen (secondary N) is 1. The second-order valence-corrected chi connectivity index (χ2v) is 1.56. The fraction of sp³-hybridized carbons (Fsp3) is 0.750. The average molecular weight is 103 g/mol. The van der Waals surface area contributed by atoms with Crippen LogP contribution in [0.15, 0.2) is 0 Å². The second kappa shape index (κ2) is 1.58. The lowest BCUT2D eigenvalue weighted by Gasteiger charge is -1.85. The molecule has 1 rings (SSSR count). The monoisotopic (exact) mass is 103 g/mol. The Balaban J connectivity index is 2.48. The zero-order chi connectivity index (χ0) is 5.28. The molecule has 0 spiro atoms. The zero-order valence-electron chi connectivity index (χ0n) is 3.78. The van der Waals surface area contributed by atoms with Gasteiger partial charge in [0, 0.05) is 6.54 Å². The van der Waals surface area contributed by atoms with Crippen molar-refractivity contribution in [3.05, 3.63) is 0 Å². The van der Waals surface area contributed by atoms with Crippen molar-refractivity contribution in [1.29, 1.82) is 0 Å². The smallest absolute Gasteiger partial charge is 0.181 e. The van der Waals surface area contributed by atoms with E-state index < -0.39 is 6.17 Å². The van der Waals surface area contributed by atoms with E-state index in [9.17, 15) is 9.18 Å². The lowest BCUT2D eigenvalue weighted by molar-refractivity contribution is -0.120. The van der Waals surface area contributed by atoms with Crippen molar-refractivity contribution in [1.82, 2.24) is 5.32 Å². The summed E-state index contributed by atoms with van der Waals surface area (Å²) >= 11 is 0. The molecule has 0 aliphatic carbocycles. The molecule has 0 radical (unpaired) electrons. The quantitative estimate of drug-likeness (QED) is 0.447. The molecule has 7 heavy (non-hydrogen) atoms. The Hall–Kier alpha value is -0.440. The van der Waals surface area contributed by atoms with Crippen LogP contribution in [-0.4, -0.2) is 25.0 Å². The van der Waals surface area contributed by atoms with Gasteiger partial charge < -0.3 is 5.32 Å². The van der Waals surface area contributed by atoms with E-state index in [1.807, 2.05) is 0 Å². The Morgan fingerprint density at radius 2 is 2.57 bits per heavy atom. The van der Waals surface area contributed by atoms with Gasteiger partial charge in [-0.15, -0.1) is 0 Å². The van der Waals surface area contributed by atoms with Crippen molar-refractivity contribution in [3.63, 3.8) is 0 Å². The molecule has 0 amide bonds. The van der Waals surface area contributed by atoms with E-state index in [0.717, 1.165) is 0 Å². The van der Waals surface area contributed by atoms with Gasteiger partial charge >= 0.3 is 0 Å². The van der Waals surface area contributed by atoms with Gasteiger partial charge in [-0.1, -0.05) is 0 Å². The van der Waals surface area contributed by atoms with Crippen LogP contribution in [0.1, 0.15) is 0 Å². The average Bonchev–Trinajstić information content (AvgIpc) is 1.91. The Labute approximate surface area is 40.7 Å². The predicted octanol–water partition coefficient (Wildman–Crippen LogP) is -0.503. The van der Waals surface area contributed by atoms with E-state index in [4.69, 9.17) is 0 Å². The number of halogens is 1.